The van der Waals surface area contributed by atoms with Crippen LogP contribution in [0, 0.1) is 13.8 Å². The van der Waals surface area contributed by atoms with E-state index in [1.807, 2.05) is 19.2 Å². The SMILES string of the molecule is CNCCc1noc(-c2cccc(C)c2C)n1. The molecule has 0 aliphatic heterocycles. The molecule has 0 radical (unpaired) electrons. The minimum atomic E-state index is 0.609. The number of hydrogen-bond acceptors (Lipinski definition) is 4. The van der Waals surface area contributed by atoms with Gasteiger partial charge in [-0.05, 0) is 38.1 Å². The first-order valence-electron chi connectivity index (χ1n) is 5.76. The van der Waals surface area contributed by atoms with Crippen molar-refractivity contribution in [2.45, 2.75) is 20.3 Å². The molecule has 0 aliphatic carbocycles. The van der Waals surface area contributed by atoms with E-state index in [1.165, 1.54) is 11.1 Å². The molecule has 0 atom stereocenters. The molecule has 4 heteroatoms. The summed E-state index contributed by atoms with van der Waals surface area (Å²) in [6, 6.07) is 6.10. The highest BCUT2D eigenvalue weighted by atomic mass is 16.5. The molecule has 17 heavy (non-hydrogen) atoms. The lowest BCUT2D eigenvalue weighted by atomic mass is 10.0. The lowest BCUT2D eigenvalue weighted by Crippen LogP contribution is -2.11. The molecule has 1 aromatic heterocycles. The summed E-state index contributed by atoms with van der Waals surface area (Å²) in [5, 5.41) is 7.04. The van der Waals surface area contributed by atoms with Crippen LogP contribution in [-0.4, -0.2) is 23.7 Å². The molecule has 0 aliphatic rings. The Labute approximate surface area is 101 Å². The summed E-state index contributed by atoms with van der Waals surface area (Å²) in [4.78, 5) is 4.40. The fraction of sp³-hybridized carbons (Fsp3) is 0.385. The Hall–Kier alpha value is -1.68. The van der Waals surface area contributed by atoms with Crippen molar-refractivity contribution in [2.75, 3.05) is 13.6 Å². The molecule has 2 aromatic rings. The fourth-order valence-corrected chi connectivity index (χ4v) is 1.68. The van der Waals surface area contributed by atoms with Gasteiger partial charge in [-0.3, -0.25) is 0 Å². The Morgan fingerprint density at radius 2 is 2.12 bits per heavy atom. The summed E-state index contributed by atoms with van der Waals surface area (Å²) in [6.07, 6.45) is 0.783. The Kier molecular flexibility index (Phi) is 3.54. The molecule has 90 valence electrons. The average molecular weight is 231 g/mol. The van der Waals surface area contributed by atoms with Gasteiger partial charge in [0.2, 0.25) is 0 Å². The van der Waals surface area contributed by atoms with Gasteiger partial charge in [-0.2, -0.15) is 4.98 Å². The van der Waals surface area contributed by atoms with E-state index in [4.69, 9.17) is 4.52 Å². The van der Waals surface area contributed by atoms with E-state index in [-0.39, 0.29) is 0 Å². The minimum absolute atomic E-state index is 0.609. The molecule has 0 spiro atoms. The van der Waals surface area contributed by atoms with Gasteiger partial charge in [0.1, 0.15) is 0 Å². The summed E-state index contributed by atoms with van der Waals surface area (Å²) in [5.74, 6) is 1.35. The van der Waals surface area contributed by atoms with Gasteiger partial charge >= 0.3 is 0 Å². The number of benzene rings is 1. The van der Waals surface area contributed by atoms with Crippen molar-refractivity contribution in [1.82, 2.24) is 15.5 Å². The third-order valence-electron chi connectivity index (χ3n) is 2.90. The third kappa shape index (κ3) is 2.53. The van der Waals surface area contributed by atoms with E-state index in [9.17, 15) is 0 Å². The molecule has 2 rings (SSSR count). The zero-order valence-electron chi connectivity index (χ0n) is 10.4. The topological polar surface area (TPSA) is 51.0 Å². The summed E-state index contributed by atoms with van der Waals surface area (Å²) in [6.45, 7) is 5.00. The van der Waals surface area contributed by atoms with Gasteiger partial charge in [0.25, 0.3) is 5.89 Å². The summed E-state index contributed by atoms with van der Waals surface area (Å²) in [5.41, 5.74) is 3.45. The van der Waals surface area contributed by atoms with Gasteiger partial charge < -0.3 is 9.84 Å². The number of hydrogen-bond donors (Lipinski definition) is 1. The fourth-order valence-electron chi connectivity index (χ4n) is 1.68. The molecule has 1 N–H and O–H groups in total. The van der Waals surface area contributed by atoms with Crippen LogP contribution in [0.15, 0.2) is 22.7 Å². The van der Waals surface area contributed by atoms with Crippen LogP contribution in [0.2, 0.25) is 0 Å². The quantitative estimate of drug-likeness (QED) is 0.875. The summed E-state index contributed by atoms with van der Waals surface area (Å²) < 4.78 is 5.29. The molecule has 4 nitrogen and oxygen atoms in total. The first kappa shape index (κ1) is 11.8. The van der Waals surface area contributed by atoms with Crippen LogP contribution in [0.4, 0.5) is 0 Å². The predicted octanol–water partition coefficient (Wildman–Crippen LogP) is 2.12. The van der Waals surface area contributed by atoms with Crippen LogP contribution in [0.5, 0.6) is 0 Å². The molecule has 1 heterocycles. The Morgan fingerprint density at radius 3 is 2.88 bits per heavy atom. The molecular weight excluding hydrogens is 214 g/mol. The molecule has 0 amide bonds. The van der Waals surface area contributed by atoms with Crippen LogP contribution < -0.4 is 5.32 Å². The van der Waals surface area contributed by atoms with E-state index in [0.29, 0.717) is 5.89 Å². The van der Waals surface area contributed by atoms with E-state index in [2.05, 4.69) is 35.4 Å². The minimum Gasteiger partial charge on any atom is -0.334 e. The van der Waals surface area contributed by atoms with E-state index >= 15 is 0 Å². The van der Waals surface area contributed by atoms with Gasteiger partial charge in [-0.15, -0.1) is 0 Å². The van der Waals surface area contributed by atoms with Gasteiger partial charge in [0.05, 0.1) is 0 Å². The summed E-state index contributed by atoms with van der Waals surface area (Å²) in [7, 11) is 1.91. The monoisotopic (exact) mass is 231 g/mol. The van der Waals surface area contributed by atoms with Crippen molar-refractivity contribution in [2.24, 2.45) is 0 Å². The number of rotatable bonds is 4. The first-order valence-corrected chi connectivity index (χ1v) is 5.76. The maximum Gasteiger partial charge on any atom is 0.258 e. The second-order valence-corrected chi connectivity index (χ2v) is 4.12. The van der Waals surface area contributed by atoms with Crippen LogP contribution in [0.25, 0.3) is 11.5 Å². The third-order valence-corrected chi connectivity index (χ3v) is 2.90. The number of nitrogens with one attached hydrogen (secondary N) is 1. The second kappa shape index (κ2) is 5.10. The zero-order valence-corrected chi connectivity index (χ0v) is 10.4. The van der Waals surface area contributed by atoms with Crippen molar-refractivity contribution in [3.05, 3.63) is 35.2 Å². The van der Waals surface area contributed by atoms with Gasteiger partial charge in [0.15, 0.2) is 5.82 Å². The van der Waals surface area contributed by atoms with Gasteiger partial charge in [0, 0.05) is 18.5 Å². The molecule has 0 bridgehead atoms. The normalized spacial score (nSPS) is 10.8. The zero-order chi connectivity index (χ0) is 12.3. The number of aromatic nitrogens is 2. The number of aryl methyl sites for hydroxylation is 1. The van der Waals surface area contributed by atoms with E-state index in [1.54, 1.807) is 0 Å². The van der Waals surface area contributed by atoms with Crippen molar-refractivity contribution in [3.8, 4) is 11.5 Å². The Morgan fingerprint density at radius 1 is 1.29 bits per heavy atom. The lowest BCUT2D eigenvalue weighted by Gasteiger charge is -2.03. The smallest absolute Gasteiger partial charge is 0.258 e. The lowest BCUT2D eigenvalue weighted by molar-refractivity contribution is 0.422. The van der Waals surface area contributed by atoms with Crippen molar-refractivity contribution < 1.29 is 4.52 Å². The average Bonchev–Trinajstić information content (AvgIpc) is 2.78. The molecule has 1 aromatic carbocycles. The maximum atomic E-state index is 5.29. The molecule has 0 unspecified atom stereocenters. The van der Waals surface area contributed by atoms with Gasteiger partial charge in [-0.25, -0.2) is 0 Å². The Balaban J connectivity index is 2.27. The standard InChI is InChI=1S/C13H17N3O/c1-9-5-4-6-11(10(9)2)13-15-12(16-17-13)7-8-14-3/h4-6,14H,7-8H2,1-3H3. The maximum absolute atomic E-state index is 5.29. The largest absolute Gasteiger partial charge is 0.334 e. The first-order chi connectivity index (χ1) is 8.22. The van der Waals surface area contributed by atoms with Crippen LogP contribution in [0.3, 0.4) is 0 Å². The van der Waals surface area contributed by atoms with Gasteiger partial charge in [-0.1, -0.05) is 17.3 Å². The van der Waals surface area contributed by atoms with Crippen molar-refractivity contribution in [3.63, 3.8) is 0 Å². The van der Waals surface area contributed by atoms with Crippen LogP contribution in [0.1, 0.15) is 17.0 Å². The molecule has 0 saturated carbocycles. The number of nitrogens with zero attached hydrogens (tertiary/aromatic N) is 2. The highest BCUT2D eigenvalue weighted by Gasteiger charge is 2.11. The van der Waals surface area contributed by atoms with Crippen LogP contribution in [-0.2, 0) is 6.42 Å². The Bertz CT molecular complexity index is 505. The van der Waals surface area contributed by atoms with E-state index < -0.39 is 0 Å². The predicted molar refractivity (Wildman–Crippen MR) is 66.8 cm³/mol. The highest BCUT2D eigenvalue weighted by Crippen LogP contribution is 2.23. The second-order valence-electron chi connectivity index (χ2n) is 4.12. The summed E-state index contributed by atoms with van der Waals surface area (Å²) >= 11 is 0. The van der Waals surface area contributed by atoms with E-state index in [0.717, 1.165) is 24.4 Å². The molecular formula is C13H17N3O. The van der Waals surface area contributed by atoms with Crippen molar-refractivity contribution >= 4 is 0 Å². The molecule has 0 fully saturated rings. The molecule has 0 saturated heterocycles. The van der Waals surface area contributed by atoms with Crippen LogP contribution >= 0.6 is 0 Å². The highest BCUT2D eigenvalue weighted by molar-refractivity contribution is 5.60. The number of likely N-dealkylation sites (N-methyl/N-ethyl adjacent to an activating group) is 1. The van der Waals surface area contributed by atoms with Crippen molar-refractivity contribution in [1.29, 1.82) is 0 Å².